The zero-order valence-corrected chi connectivity index (χ0v) is 25.0. The lowest BCUT2D eigenvalue weighted by atomic mass is 10.0. The van der Waals surface area contributed by atoms with Gasteiger partial charge >= 0.3 is 0 Å². The minimum atomic E-state index is -0.631. The molecule has 1 saturated carbocycles. The van der Waals surface area contributed by atoms with Gasteiger partial charge in [0.1, 0.15) is 6.04 Å². The number of nitrogens with one attached hydrogen (secondary N) is 1. The van der Waals surface area contributed by atoms with Crippen molar-refractivity contribution in [3.05, 3.63) is 104 Å². The molecule has 0 bridgehead atoms. The van der Waals surface area contributed by atoms with Crippen molar-refractivity contribution in [1.82, 2.24) is 10.2 Å². The molecule has 1 fully saturated rings. The van der Waals surface area contributed by atoms with Crippen LogP contribution in [0.25, 0.3) is 0 Å². The van der Waals surface area contributed by atoms with Crippen molar-refractivity contribution in [1.29, 1.82) is 0 Å². The van der Waals surface area contributed by atoms with Gasteiger partial charge in [-0.1, -0.05) is 101 Å². The molecule has 1 N–H and O–H groups in total. The number of benzene rings is 3. The van der Waals surface area contributed by atoms with E-state index < -0.39 is 6.04 Å². The molecular weight excluding hydrogens is 603 g/mol. The van der Waals surface area contributed by atoms with E-state index in [9.17, 15) is 9.59 Å². The summed E-state index contributed by atoms with van der Waals surface area (Å²) in [7, 11) is 0. The number of carbonyl (C=O) groups is 2. The van der Waals surface area contributed by atoms with Crippen LogP contribution in [0.2, 0.25) is 10.0 Å². The quantitative estimate of drug-likeness (QED) is 0.236. The molecule has 3 aromatic rings. The van der Waals surface area contributed by atoms with Gasteiger partial charge < -0.3 is 10.2 Å². The van der Waals surface area contributed by atoms with Crippen LogP contribution in [-0.4, -0.2) is 34.6 Å². The third kappa shape index (κ3) is 8.25. The van der Waals surface area contributed by atoms with Gasteiger partial charge in [0.25, 0.3) is 0 Å². The maximum atomic E-state index is 13.8. The first-order valence-corrected chi connectivity index (χ1v) is 15.5. The molecule has 0 heterocycles. The second-order valence-electron chi connectivity index (χ2n) is 9.54. The van der Waals surface area contributed by atoms with Gasteiger partial charge in [0.05, 0.1) is 5.75 Å². The lowest BCUT2D eigenvalue weighted by Gasteiger charge is -2.32. The van der Waals surface area contributed by atoms with Crippen LogP contribution in [0.1, 0.15) is 42.4 Å². The van der Waals surface area contributed by atoms with E-state index in [4.69, 9.17) is 23.2 Å². The highest BCUT2D eigenvalue weighted by molar-refractivity contribution is 9.10. The Bertz CT molecular complexity index is 1220. The molecule has 1 aliphatic carbocycles. The van der Waals surface area contributed by atoms with Crippen LogP contribution >= 0.6 is 50.9 Å². The number of amides is 2. The van der Waals surface area contributed by atoms with E-state index >= 15 is 0 Å². The van der Waals surface area contributed by atoms with Crippen LogP contribution in [0.15, 0.2) is 77.3 Å². The van der Waals surface area contributed by atoms with E-state index in [1.165, 1.54) is 11.8 Å². The first kappa shape index (κ1) is 29.0. The molecule has 4 rings (SSSR count). The predicted octanol–water partition coefficient (Wildman–Crippen LogP) is 7.69. The Kier molecular flexibility index (Phi) is 11.0. The van der Waals surface area contributed by atoms with Crippen LogP contribution < -0.4 is 5.32 Å². The van der Waals surface area contributed by atoms with Crippen molar-refractivity contribution in [2.75, 3.05) is 5.75 Å². The summed E-state index contributed by atoms with van der Waals surface area (Å²) < 4.78 is 0.931. The summed E-state index contributed by atoms with van der Waals surface area (Å²) in [6, 6.07) is 22.7. The number of hydrogen-bond acceptors (Lipinski definition) is 3. The molecule has 1 atom stereocenters. The normalized spacial score (nSPS) is 14.3. The summed E-state index contributed by atoms with van der Waals surface area (Å²) in [6.45, 7) is 0.335. The average Bonchev–Trinajstić information content (AvgIpc) is 3.41. The zero-order valence-electron chi connectivity index (χ0n) is 21.0. The molecule has 1 unspecified atom stereocenters. The van der Waals surface area contributed by atoms with E-state index in [1.807, 2.05) is 54.6 Å². The fraction of sp³-hybridized carbons (Fsp3) is 0.333. The lowest BCUT2D eigenvalue weighted by Crippen LogP contribution is -2.52. The molecule has 0 saturated heterocycles. The molecule has 200 valence electrons. The van der Waals surface area contributed by atoms with Crippen molar-refractivity contribution in [2.45, 2.75) is 56.5 Å². The van der Waals surface area contributed by atoms with Gasteiger partial charge in [-0.15, -0.1) is 11.8 Å². The van der Waals surface area contributed by atoms with Crippen LogP contribution in [0, 0.1) is 0 Å². The van der Waals surface area contributed by atoms with Gasteiger partial charge in [-0.05, 0) is 53.8 Å². The van der Waals surface area contributed by atoms with Gasteiger partial charge in [-0.3, -0.25) is 9.59 Å². The molecule has 1 aliphatic rings. The van der Waals surface area contributed by atoms with E-state index in [1.54, 1.807) is 23.1 Å². The summed E-state index contributed by atoms with van der Waals surface area (Å²) in [6.07, 6.45) is 4.66. The average molecular weight is 634 g/mol. The Hall–Kier alpha value is -1.99. The monoisotopic (exact) mass is 632 g/mol. The van der Waals surface area contributed by atoms with E-state index in [0.29, 0.717) is 28.8 Å². The molecule has 0 aliphatic heterocycles. The molecular formula is C30H31BrCl2N2O2S. The largest absolute Gasteiger partial charge is 0.352 e. The zero-order chi connectivity index (χ0) is 26.9. The van der Waals surface area contributed by atoms with Gasteiger partial charge in [0.2, 0.25) is 11.8 Å². The summed E-state index contributed by atoms with van der Waals surface area (Å²) in [4.78, 5) is 29.3. The maximum Gasteiger partial charge on any atom is 0.243 e. The molecule has 38 heavy (non-hydrogen) atoms. The fourth-order valence-electron chi connectivity index (χ4n) is 4.75. The standard InChI is InChI=1S/C30H31BrCl2N2O2S/c31-23-11-6-10-22(16-23)18-35(29(36)20-38-19-25-26(32)14-7-15-27(25)33)28(17-21-8-2-1-3-9-21)30(37)34-24-12-4-5-13-24/h1-3,6-11,14-16,24,28H,4-5,12-13,17-20H2,(H,34,37). The smallest absolute Gasteiger partial charge is 0.243 e. The molecule has 8 heteroatoms. The van der Waals surface area contributed by atoms with Gasteiger partial charge in [-0.2, -0.15) is 0 Å². The van der Waals surface area contributed by atoms with E-state index in [-0.39, 0.29) is 23.6 Å². The third-order valence-corrected chi connectivity index (χ3v) is 8.89. The first-order valence-electron chi connectivity index (χ1n) is 12.8. The number of carbonyl (C=O) groups excluding carboxylic acids is 2. The van der Waals surface area contributed by atoms with Crippen molar-refractivity contribution in [3.8, 4) is 0 Å². The third-order valence-electron chi connectivity index (χ3n) is 6.75. The minimum Gasteiger partial charge on any atom is -0.352 e. The molecule has 3 aromatic carbocycles. The van der Waals surface area contributed by atoms with Crippen LogP contribution in [0.3, 0.4) is 0 Å². The predicted molar refractivity (Wildman–Crippen MR) is 162 cm³/mol. The first-order chi connectivity index (χ1) is 18.4. The molecule has 4 nitrogen and oxygen atoms in total. The van der Waals surface area contributed by atoms with Gasteiger partial charge in [0.15, 0.2) is 0 Å². The summed E-state index contributed by atoms with van der Waals surface area (Å²) in [5.74, 6) is 0.522. The summed E-state index contributed by atoms with van der Waals surface area (Å²) in [5, 5.41) is 4.41. The van der Waals surface area contributed by atoms with Crippen molar-refractivity contribution in [3.63, 3.8) is 0 Å². The van der Waals surface area contributed by atoms with Crippen molar-refractivity contribution < 1.29 is 9.59 Å². The highest BCUT2D eigenvalue weighted by atomic mass is 79.9. The Labute approximate surface area is 247 Å². The SMILES string of the molecule is O=C(NC1CCCC1)C(Cc1ccccc1)N(Cc1cccc(Br)c1)C(=O)CSCc1c(Cl)cccc1Cl. The number of rotatable bonds is 11. The van der Waals surface area contributed by atoms with Crippen LogP contribution in [0.4, 0.5) is 0 Å². The maximum absolute atomic E-state index is 13.8. The topological polar surface area (TPSA) is 49.4 Å². The Morgan fingerprint density at radius 2 is 1.61 bits per heavy atom. The number of nitrogens with zero attached hydrogens (tertiary/aromatic N) is 1. The molecule has 2 amide bonds. The molecule has 0 spiro atoms. The van der Waals surface area contributed by atoms with Gasteiger partial charge in [-0.25, -0.2) is 0 Å². The van der Waals surface area contributed by atoms with E-state index in [0.717, 1.165) is 46.8 Å². The second kappa shape index (κ2) is 14.4. The van der Waals surface area contributed by atoms with Crippen molar-refractivity contribution >= 4 is 62.7 Å². The summed E-state index contributed by atoms with van der Waals surface area (Å²) >= 11 is 17.7. The van der Waals surface area contributed by atoms with Gasteiger partial charge in [0, 0.05) is 39.3 Å². The Morgan fingerprint density at radius 3 is 2.29 bits per heavy atom. The highest BCUT2D eigenvalue weighted by Gasteiger charge is 2.32. The molecule has 0 aromatic heterocycles. The van der Waals surface area contributed by atoms with E-state index in [2.05, 4.69) is 21.2 Å². The van der Waals surface area contributed by atoms with Crippen LogP contribution in [-0.2, 0) is 28.3 Å². The number of halogens is 3. The lowest BCUT2D eigenvalue weighted by molar-refractivity contribution is -0.139. The Morgan fingerprint density at radius 1 is 0.947 bits per heavy atom. The molecule has 0 radical (unpaired) electrons. The number of hydrogen-bond donors (Lipinski definition) is 1. The highest BCUT2D eigenvalue weighted by Crippen LogP contribution is 2.29. The minimum absolute atomic E-state index is 0.0942. The fourth-order valence-corrected chi connectivity index (χ4v) is 6.84. The van der Waals surface area contributed by atoms with Crippen LogP contribution in [0.5, 0.6) is 0 Å². The summed E-state index contributed by atoms with van der Waals surface area (Å²) in [5.41, 5.74) is 2.78. The Balaban J connectivity index is 1.58. The number of thioether (sulfide) groups is 1. The second-order valence-corrected chi connectivity index (χ2v) is 12.3. The van der Waals surface area contributed by atoms with Crippen molar-refractivity contribution in [2.24, 2.45) is 0 Å².